The van der Waals surface area contributed by atoms with Crippen LogP contribution in [0.15, 0.2) is 46.9 Å². The molecule has 5 rings (SSSR count). The van der Waals surface area contributed by atoms with Crippen LogP contribution < -0.4 is 0 Å². The van der Waals surface area contributed by atoms with E-state index in [0.717, 1.165) is 11.2 Å². The molecule has 4 heteroatoms. The van der Waals surface area contributed by atoms with Gasteiger partial charge < -0.3 is 8.98 Å². The highest BCUT2D eigenvalue weighted by atomic mass is 16.3. The lowest BCUT2D eigenvalue weighted by atomic mass is 10.0. The Kier molecular flexibility index (Phi) is 2.01. The summed E-state index contributed by atoms with van der Waals surface area (Å²) in [5, 5.41) is 0.986. The van der Waals surface area contributed by atoms with E-state index in [1.54, 1.807) is 18.2 Å². The van der Waals surface area contributed by atoms with Crippen molar-refractivity contribution in [2.24, 2.45) is 7.05 Å². The topological polar surface area (TPSA) is 43.9 Å². The van der Waals surface area contributed by atoms with Crippen molar-refractivity contribution < 1.29 is 12.6 Å². The average Bonchev–Trinajstić information content (AvgIpc) is 3.23. The van der Waals surface area contributed by atoms with Crippen LogP contribution in [0.2, 0.25) is 0 Å². The monoisotopic (exact) mass is 347 g/mol. The van der Waals surface area contributed by atoms with Gasteiger partial charge in [-0.3, -0.25) is 0 Å². The maximum atomic E-state index is 8.01. The number of benzene rings is 2. The molecule has 0 aliphatic carbocycles. The number of aromatic nitrogens is 3. The third kappa shape index (κ3) is 2.02. The molecule has 5 aromatic rings. The predicted molar refractivity (Wildman–Crippen MR) is 105 cm³/mol. The standard InChI is InChI=1S/C22H19N3O/c1-12-5-8-15-18(11-12)26-20-16(9-6-13(2)19(15)20)22-24-21-17(25(22)4)10-7-14(3)23-21/h5-11H,1-4H3/i1D3,2D3. The van der Waals surface area contributed by atoms with Gasteiger partial charge in [-0.15, -0.1) is 0 Å². The van der Waals surface area contributed by atoms with Crippen LogP contribution in [0.1, 0.15) is 25.0 Å². The molecular weight excluding hydrogens is 322 g/mol. The van der Waals surface area contributed by atoms with Crippen molar-refractivity contribution in [3.63, 3.8) is 0 Å². The van der Waals surface area contributed by atoms with Gasteiger partial charge in [0.25, 0.3) is 0 Å². The van der Waals surface area contributed by atoms with E-state index >= 15 is 0 Å². The van der Waals surface area contributed by atoms with Gasteiger partial charge in [0.05, 0.1) is 11.1 Å². The minimum Gasteiger partial charge on any atom is -0.455 e. The first-order valence-corrected chi connectivity index (χ1v) is 8.26. The number of hydrogen-bond donors (Lipinski definition) is 0. The van der Waals surface area contributed by atoms with Crippen LogP contribution in [0.3, 0.4) is 0 Å². The summed E-state index contributed by atoms with van der Waals surface area (Å²) in [6, 6.07) is 11.6. The lowest BCUT2D eigenvalue weighted by Crippen LogP contribution is -1.93. The molecule has 0 fully saturated rings. The van der Waals surface area contributed by atoms with Gasteiger partial charge >= 0.3 is 0 Å². The molecule has 26 heavy (non-hydrogen) atoms. The SMILES string of the molecule is [2H]C([2H])([2H])c1ccc2c(c1)oc1c(-c3nc4nc(C)ccc4n3C)ccc(C([2H])([2H])[2H])c12. The molecule has 0 aliphatic heterocycles. The Morgan fingerprint density at radius 1 is 1.04 bits per heavy atom. The molecule has 0 bridgehead atoms. The van der Waals surface area contributed by atoms with E-state index in [2.05, 4.69) is 9.97 Å². The molecule has 3 aromatic heterocycles. The molecule has 3 heterocycles. The zero-order valence-corrected chi connectivity index (χ0v) is 14.3. The van der Waals surface area contributed by atoms with Crippen molar-refractivity contribution in [2.45, 2.75) is 20.6 Å². The molecule has 0 spiro atoms. The van der Waals surface area contributed by atoms with E-state index in [1.165, 1.54) is 12.1 Å². The first-order valence-electron chi connectivity index (χ1n) is 11.3. The summed E-state index contributed by atoms with van der Waals surface area (Å²) in [6.07, 6.45) is 0. The number of pyridine rings is 1. The Hall–Kier alpha value is -3.14. The largest absolute Gasteiger partial charge is 0.455 e. The molecule has 2 aromatic carbocycles. The Morgan fingerprint density at radius 2 is 1.96 bits per heavy atom. The van der Waals surface area contributed by atoms with Gasteiger partial charge in [0.15, 0.2) is 5.65 Å². The zero-order valence-electron chi connectivity index (χ0n) is 20.3. The second-order valence-corrected chi connectivity index (χ2v) is 6.47. The number of fused-ring (bicyclic) bond motifs is 4. The second-order valence-electron chi connectivity index (χ2n) is 6.47. The van der Waals surface area contributed by atoms with Gasteiger partial charge in [-0.2, -0.15) is 0 Å². The first-order chi connectivity index (χ1) is 14.9. The molecule has 128 valence electrons. The van der Waals surface area contributed by atoms with Crippen LogP contribution in [-0.2, 0) is 7.05 Å². The Balaban J connectivity index is 1.88. The highest BCUT2D eigenvalue weighted by Gasteiger charge is 2.19. The Morgan fingerprint density at radius 3 is 2.81 bits per heavy atom. The van der Waals surface area contributed by atoms with E-state index in [9.17, 15) is 0 Å². The zero-order chi connectivity index (χ0) is 23.0. The minimum absolute atomic E-state index is 0.128. The van der Waals surface area contributed by atoms with E-state index < -0.39 is 13.7 Å². The lowest BCUT2D eigenvalue weighted by Gasteiger charge is -2.05. The summed E-state index contributed by atoms with van der Waals surface area (Å²) < 4.78 is 55.1. The van der Waals surface area contributed by atoms with Crippen LogP contribution >= 0.6 is 0 Å². The third-order valence-corrected chi connectivity index (χ3v) is 4.75. The molecule has 0 aliphatic rings. The van der Waals surface area contributed by atoms with Crippen LogP contribution in [0.4, 0.5) is 0 Å². The molecule has 0 saturated carbocycles. The van der Waals surface area contributed by atoms with Gasteiger partial charge in [-0.1, -0.05) is 18.2 Å². The van der Waals surface area contributed by atoms with Crippen molar-refractivity contribution in [2.75, 3.05) is 0 Å². The fraction of sp³-hybridized carbons (Fsp3) is 0.182. The Labute approximate surface area is 159 Å². The van der Waals surface area contributed by atoms with E-state index in [0.29, 0.717) is 39.0 Å². The molecule has 0 atom stereocenters. The summed E-state index contributed by atoms with van der Waals surface area (Å²) in [6.45, 7) is -2.79. The fourth-order valence-corrected chi connectivity index (χ4v) is 3.47. The summed E-state index contributed by atoms with van der Waals surface area (Å²) in [5.41, 5.74) is 3.80. The van der Waals surface area contributed by atoms with E-state index in [-0.39, 0.29) is 11.1 Å². The van der Waals surface area contributed by atoms with Gasteiger partial charge in [0.2, 0.25) is 0 Å². The molecule has 0 saturated heterocycles. The maximum Gasteiger partial charge on any atom is 0.178 e. The number of aryl methyl sites for hydroxylation is 4. The summed E-state index contributed by atoms with van der Waals surface area (Å²) in [7, 11) is 1.86. The van der Waals surface area contributed by atoms with Crippen LogP contribution in [0.5, 0.6) is 0 Å². The van der Waals surface area contributed by atoms with Crippen molar-refractivity contribution in [3.8, 4) is 11.4 Å². The fourth-order valence-electron chi connectivity index (χ4n) is 3.47. The highest BCUT2D eigenvalue weighted by Crippen LogP contribution is 2.38. The quantitative estimate of drug-likeness (QED) is 0.404. The van der Waals surface area contributed by atoms with Gasteiger partial charge in [0.1, 0.15) is 17.0 Å². The van der Waals surface area contributed by atoms with Crippen molar-refractivity contribution in [1.29, 1.82) is 0 Å². The van der Waals surface area contributed by atoms with Crippen molar-refractivity contribution in [3.05, 3.63) is 59.3 Å². The predicted octanol–water partition coefficient (Wildman–Crippen LogP) is 5.46. The third-order valence-electron chi connectivity index (χ3n) is 4.75. The van der Waals surface area contributed by atoms with Crippen LogP contribution in [0.25, 0.3) is 44.5 Å². The minimum atomic E-state index is -2.37. The van der Waals surface area contributed by atoms with E-state index in [1.807, 2.05) is 30.7 Å². The van der Waals surface area contributed by atoms with Gasteiger partial charge in [-0.25, -0.2) is 9.97 Å². The number of nitrogens with zero attached hydrogens (tertiary/aromatic N) is 3. The number of imidazole rings is 1. The Bertz CT molecular complexity index is 1520. The number of furan rings is 1. The van der Waals surface area contributed by atoms with Gasteiger partial charge in [-0.05, 0) is 56.0 Å². The number of hydrogen-bond acceptors (Lipinski definition) is 3. The molecule has 0 amide bonds. The second kappa shape index (κ2) is 5.18. The smallest absolute Gasteiger partial charge is 0.178 e. The molecular formula is C22H19N3O. The van der Waals surface area contributed by atoms with Crippen molar-refractivity contribution in [1.82, 2.24) is 14.5 Å². The van der Waals surface area contributed by atoms with Crippen LogP contribution in [-0.4, -0.2) is 14.5 Å². The molecule has 0 unspecified atom stereocenters. The lowest BCUT2D eigenvalue weighted by molar-refractivity contribution is 0.668. The van der Waals surface area contributed by atoms with Crippen LogP contribution in [0, 0.1) is 20.6 Å². The average molecular weight is 347 g/mol. The number of rotatable bonds is 1. The summed E-state index contributed by atoms with van der Waals surface area (Å²) in [5.74, 6) is 0.579. The van der Waals surface area contributed by atoms with E-state index in [4.69, 9.17) is 12.6 Å². The highest BCUT2D eigenvalue weighted by molar-refractivity contribution is 6.11. The van der Waals surface area contributed by atoms with Crippen molar-refractivity contribution >= 4 is 33.1 Å². The normalized spacial score (nSPS) is 16.2. The molecule has 4 nitrogen and oxygen atoms in total. The first kappa shape index (κ1) is 10.1. The summed E-state index contributed by atoms with van der Waals surface area (Å²) >= 11 is 0. The summed E-state index contributed by atoms with van der Waals surface area (Å²) in [4.78, 5) is 9.16. The molecule has 0 N–H and O–H groups in total. The maximum absolute atomic E-state index is 8.01. The van der Waals surface area contributed by atoms with Gasteiger partial charge in [0, 0.05) is 31.7 Å². The molecule has 0 radical (unpaired) electrons.